The summed E-state index contributed by atoms with van der Waals surface area (Å²) < 4.78 is 17.8. The molecule has 1 aromatic heterocycles. The van der Waals surface area contributed by atoms with Gasteiger partial charge in [-0.25, -0.2) is 0 Å². The highest BCUT2D eigenvalue weighted by Crippen LogP contribution is 2.44. The van der Waals surface area contributed by atoms with Crippen LogP contribution in [-0.2, 0) is 0 Å². The van der Waals surface area contributed by atoms with Crippen LogP contribution < -0.4 is 19.5 Å². The Balaban J connectivity index is 1.60. The molecule has 1 fully saturated rings. The molecule has 5 nitrogen and oxygen atoms in total. The van der Waals surface area contributed by atoms with Gasteiger partial charge in [0.25, 0.3) is 0 Å². The summed E-state index contributed by atoms with van der Waals surface area (Å²) in [6.45, 7) is 10.7. The second-order valence-corrected chi connectivity index (χ2v) is 11.8. The van der Waals surface area contributed by atoms with E-state index in [0.29, 0.717) is 12.6 Å². The van der Waals surface area contributed by atoms with Crippen molar-refractivity contribution >= 4 is 16.5 Å². The molecule has 1 saturated heterocycles. The molecule has 1 aliphatic carbocycles. The number of aromatic nitrogens is 1. The minimum absolute atomic E-state index is 0.0878. The fourth-order valence-corrected chi connectivity index (χ4v) is 6.19. The van der Waals surface area contributed by atoms with Crippen molar-refractivity contribution in [2.75, 3.05) is 27.4 Å². The van der Waals surface area contributed by atoms with Crippen LogP contribution in [0.3, 0.4) is 0 Å². The van der Waals surface area contributed by atoms with E-state index >= 15 is 0 Å². The Labute approximate surface area is 233 Å². The number of methoxy groups -OCH3 is 2. The molecular weight excluding hydrogens is 484 g/mol. The first-order valence-corrected chi connectivity index (χ1v) is 14.2. The maximum absolute atomic E-state index is 6.74. The van der Waals surface area contributed by atoms with E-state index in [4.69, 9.17) is 19.2 Å². The SMILES string of the molecule is COc1ccc(-c2cc3c(OCCC4CCCCN4)c(C4=CC(C)=CC(C)(C)C4)cnc3cc2C)cc1OC. The van der Waals surface area contributed by atoms with Gasteiger partial charge in [0.2, 0.25) is 0 Å². The number of benzene rings is 2. The molecule has 1 N–H and O–H groups in total. The van der Waals surface area contributed by atoms with Gasteiger partial charge in [-0.2, -0.15) is 0 Å². The van der Waals surface area contributed by atoms with Crippen LogP contribution in [0.15, 0.2) is 54.3 Å². The number of nitrogens with zero attached hydrogens (tertiary/aromatic N) is 1. The van der Waals surface area contributed by atoms with Crippen molar-refractivity contribution in [2.45, 2.75) is 65.8 Å². The number of aryl methyl sites for hydroxylation is 1. The normalized spacial score (nSPS) is 18.9. The Morgan fingerprint density at radius 1 is 1.00 bits per heavy atom. The van der Waals surface area contributed by atoms with Crippen LogP contribution in [-0.4, -0.2) is 38.4 Å². The van der Waals surface area contributed by atoms with Crippen molar-refractivity contribution in [3.05, 3.63) is 65.4 Å². The van der Waals surface area contributed by atoms with Gasteiger partial charge in [0, 0.05) is 23.2 Å². The smallest absolute Gasteiger partial charge is 0.161 e. The van der Waals surface area contributed by atoms with E-state index in [1.54, 1.807) is 14.2 Å². The Morgan fingerprint density at radius 2 is 1.82 bits per heavy atom. The van der Waals surface area contributed by atoms with Crippen LogP contribution in [0.4, 0.5) is 0 Å². The van der Waals surface area contributed by atoms with Crippen LogP contribution in [0.25, 0.3) is 27.6 Å². The molecule has 39 heavy (non-hydrogen) atoms. The predicted molar refractivity (Wildman–Crippen MR) is 161 cm³/mol. The zero-order chi connectivity index (χ0) is 27.6. The summed E-state index contributed by atoms with van der Waals surface area (Å²) in [6, 6.07) is 11.0. The van der Waals surface area contributed by atoms with E-state index in [1.807, 2.05) is 18.3 Å². The molecule has 0 amide bonds. The van der Waals surface area contributed by atoms with Crippen molar-refractivity contribution in [3.8, 4) is 28.4 Å². The molecule has 1 atom stereocenters. The minimum atomic E-state index is 0.0878. The molecule has 0 saturated carbocycles. The molecule has 1 aliphatic heterocycles. The number of hydrogen-bond donors (Lipinski definition) is 1. The molecule has 2 aliphatic rings. The van der Waals surface area contributed by atoms with E-state index < -0.39 is 0 Å². The summed E-state index contributed by atoms with van der Waals surface area (Å²) in [5, 5.41) is 4.71. The van der Waals surface area contributed by atoms with Crippen molar-refractivity contribution in [1.29, 1.82) is 0 Å². The lowest BCUT2D eigenvalue weighted by Gasteiger charge is -2.29. The van der Waals surface area contributed by atoms with Crippen LogP contribution >= 0.6 is 0 Å². The second kappa shape index (κ2) is 11.4. The van der Waals surface area contributed by atoms with E-state index in [0.717, 1.165) is 69.8 Å². The summed E-state index contributed by atoms with van der Waals surface area (Å²) >= 11 is 0. The zero-order valence-electron chi connectivity index (χ0n) is 24.3. The van der Waals surface area contributed by atoms with E-state index in [-0.39, 0.29) is 5.41 Å². The largest absolute Gasteiger partial charge is 0.493 e. The number of allylic oxidation sites excluding steroid dienone is 4. The number of rotatable bonds is 8. The molecule has 0 bridgehead atoms. The summed E-state index contributed by atoms with van der Waals surface area (Å²) in [5.41, 5.74) is 8.08. The molecule has 2 heterocycles. The third-order valence-electron chi connectivity index (χ3n) is 8.00. The van der Waals surface area contributed by atoms with Gasteiger partial charge in [-0.1, -0.05) is 44.1 Å². The fraction of sp³-hybridized carbons (Fsp3) is 0.441. The summed E-state index contributed by atoms with van der Waals surface area (Å²) in [6.07, 6.45) is 12.4. The number of fused-ring (bicyclic) bond motifs is 1. The molecule has 0 spiro atoms. The Hall–Kier alpha value is -3.31. The van der Waals surface area contributed by atoms with Crippen LogP contribution in [0.2, 0.25) is 0 Å². The average molecular weight is 527 g/mol. The van der Waals surface area contributed by atoms with Crippen LogP contribution in [0, 0.1) is 12.3 Å². The highest BCUT2D eigenvalue weighted by Gasteiger charge is 2.25. The maximum atomic E-state index is 6.74. The lowest BCUT2D eigenvalue weighted by Crippen LogP contribution is -2.35. The molecule has 3 aromatic rings. The van der Waals surface area contributed by atoms with Crippen molar-refractivity contribution in [2.24, 2.45) is 5.41 Å². The molecule has 5 heteroatoms. The third kappa shape index (κ3) is 5.99. The number of ether oxygens (including phenoxy) is 3. The van der Waals surface area contributed by atoms with Gasteiger partial charge in [-0.3, -0.25) is 4.98 Å². The molecular formula is C34H42N2O3. The molecule has 5 rings (SSSR count). The summed E-state index contributed by atoms with van der Waals surface area (Å²) in [4.78, 5) is 4.95. The van der Waals surface area contributed by atoms with Crippen molar-refractivity contribution < 1.29 is 14.2 Å². The number of hydrogen-bond acceptors (Lipinski definition) is 5. The monoisotopic (exact) mass is 526 g/mol. The maximum Gasteiger partial charge on any atom is 0.161 e. The highest BCUT2D eigenvalue weighted by molar-refractivity contribution is 5.95. The highest BCUT2D eigenvalue weighted by atomic mass is 16.5. The van der Waals surface area contributed by atoms with E-state index in [9.17, 15) is 0 Å². The lowest BCUT2D eigenvalue weighted by atomic mass is 9.78. The van der Waals surface area contributed by atoms with Crippen LogP contribution in [0.5, 0.6) is 17.2 Å². The molecule has 2 aromatic carbocycles. The molecule has 1 unspecified atom stereocenters. The quantitative estimate of drug-likeness (QED) is 0.323. The van der Waals surface area contributed by atoms with Gasteiger partial charge in [0.1, 0.15) is 5.75 Å². The Bertz CT molecular complexity index is 1410. The number of nitrogens with one attached hydrogen (secondary N) is 1. The topological polar surface area (TPSA) is 52.6 Å². The van der Waals surface area contributed by atoms with Gasteiger partial charge >= 0.3 is 0 Å². The average Bonchev–Trinajstić information content (AvgIpc) is 2.91. The van der Waals surface area contributed by atoms with Gasteiger partial charge in [0.05, 0.1) is 26.3 Å². The lowest BCUT2D eigenvalue weighted by molar-refractivity contribution is 0.269. The Kier molecular flexibility index (Phi) is 7.99. The van der Waals surface area contributed by atoms with E-state index in [2.05, 4.69) is 63.4 Å². The first-order chi connectivity index (χ1) is 18.8. The van der Waals surface area contributed by atoms with Gasteiger partial charge < -0.3 is 19.5 Å². The molecule has 206 valence electrons. The Morgan fingerprint density at radius 3 is 2.54 bits per heavy atom. The zero-order valence-corrected chi connectivity index (χ0v) is 24.3. The first-order valence-electron chi connectivity index (χ1n) is 14.2. The van der Waals surface area contributed by atoms with Crippen LogP contribution in [0.1, 0.15) is 64.0 Å². The van der Waals surface area contributed by atoms with Crippen molar-refractivity contribution in [3.63, 3.8) is 0 Å². The number of piperidine rings is 1. The number of pyridine rings is 1. The molecule has 0 radical (unpaired) electrons. The second-order valence-electron chi connectivity index (χ2n) is 11.8. The first kappa shape index (κ1) is 27.3. The van der Waals surface area contributed by atoms with Gasteiger partial charge in [-0.05, 0) is 98.0 Å². The van der Waals surface area contributed by atoms with Gasteiger partial charge in [-0.15, -0.1) is 0 Å². The van der Waals surface area contributed by atoms with E-state index in [1.165, 1.54) is 30.4 Å². The standard InChI is InChI=1S/C34H42N2O3/c1-22-15-25(20-34(3,4)19-22)29-21-36-30-16-23(2)27(24-10-11-31(37-5)32(17-24)38-6)18-28(30)33(29)39-14-12-26-9-7-8-13-35-26/h10-11,15-19,21,26,35H,7-9,12-14,20H2,1-6H3. The summed E-state index contributed by atoms with van der Waals surface area (Å²) in [5.74, 6) is 2.38. The van der Waals surface area contributed by atoms with Crippen molar-refractivity contribution in [1.82, 2.24) is 10.3 Å². The summed E-state index contributed by atoms with van der Waals surface area (Å²) in [7, 11) is 3.34. The van der Waals surface area contributed by atoms with Gasteiger partial charge in [0.15, 0.2) is 11.5 Å². The third-order valence-corrected chi connectivity index (χ3v) is 8.00. The fourth-order valence-electron chi connectivity index (χ4n) is 6.19. The predicted octanol–water partition coefficient (Wildman–Crippen LogP) is 7.90. The minimum Gasteiger partial charge on any atom is -0.493 e.